The second kappa shape index (κ2) is 7.85. The Kier molecular flexibility index (Phi) is 6.45. The molecule has 0 bridgehead atoms. The number of hydrogen-bond acceptors (Lipinski definition) is 4. The highest BCUT2D eigenvalue weighted by atomic mass is 16.2. The van der Waals surface area contributed by atoms with E-state index in [1.807, 2.05) is 38.9 Å². The van der Waals surface area contributed by atoms with E-state index in [1.54, 1.807) is 12.3 Å². The van der Waals surface area contributed by atoms with Gasteiger partial charge in [0.1, 0.15) is 5.82 Å². The van der Waals surface area contributed by atoms with Gasteiger partial charge in [-0.3, -0.25) is 4.79 Å². The Balaban J connectivity index is 2.96. The number of aromatic nitrogens is 1. The van der Waals surface area contributed by atoms with Crippen molar-refractivity contribution in [2.45, 2.75) is 26.8 Å². The van der Waals surface area contributed by atoms with Crippen LogP contribution in [-0.4, -0.2) is 60.5 Å². The van der Waals surface area contributed by atoms with Crippen LogP contribution >= 0.6 is 0 Å². The van der Waals surface area contributed by atoms with Gasteiger partial charge in [0, 0.05) is 31.9 Å². The van der Waals surface area contributed by atoms with E-state index in [2.05, 4.69) is 22.1 Å². The Bertz CT molecular complexity index is 434. The van der Waals surface area contributed by atoms with Gasteiger partial charge in [-0.1, -0.05) is 0 Å². The van der Waals surface area contributed by atoms with E-state index in [4.69, 9.17) is 0 Å². The number of carbonyl (C=O) groups is 1. The molecule has 0 fully saturated rings. The molecular weight excluding hydrogens is 252 g/mol. The van der Waals surface area contributed by atoms with Crippen molar-refractivity contribution < 1.29 is 4.79 Å². The molecule has 20 heavy (non-hydrogen) atoms. The zero-order chi connectivity index (χ0) is 15.1. The Morgan fingerprint density at radius 1 is 1.40 bits per heavy atom. The molecule has 1 atom stereocenters. The Hall–Kier alpha value is -1.62. The first-order valence-corrected chi connectivity index (χ1v) is 7.15. The minimum absolute atomic E-state index is 0.0332. The molecule has 5 nitrogen and oxygen atoms in total. The molecule has 112 valence electrons. The lowest BCUT2D eigenvalue weighted by molar-refractivity contribution is 0.0679. The van der Waals surface area contributed by atoms with Crippen LogP contribution < -0.4 is 5.32 Å². The second-order valence-corrected chi connectivity index (χ2v) is 5.13. The largest absolute Gasteiger partial charge is 0.370 e. The van der Waals surface area contributed by atoms with Crippen LogP contribution in [0, 0.1) is 0 Å². The van der Waals surface area contributed by atoms with Gasteiger partial charge in [0.2, 0.25) is 0 Å². The highest BCUT2D eigenvalue weighted by Crippen LogP contribution is 2.16. The first-order valence-electron chi connectivity index (χ1n) is 7.15. The van der Waals surface area contributed by atoms with E-state index >= 15 is 0 Å². The number of likely N-dealkylation sites (N-methyl/N-ethyl adjacent to an activating group) is 2. The third kappa shape index (κ3) is 4.20. The molecule has 1 heterocycles. The van der Waals surface area contributed by atoms with Crippen molar-refractivity contribution in [2.75, 3.05) is 39.0 Å². The van der Waals surface area contributed by atoms with Crippen LogP contribution in [0.2, 0.25) is 0 Å². The van der Waals surface area contributed by atoms with Crippen LogP contribution in [0.1, 0.15) is 31.1 Å². The predicted octanol–water partition coefficient (Wildman–Crippen LogP) is 1.93. The monoisotopic (exact) mass is 278 g/mol. The van der Waals surface area contributed by atoms with Crippen molar-refractivity contribution in [3.8, 4) is 0 Å². The highest BCUT2D eigenvalue weighted by Gasteiger charge is 2.22. The van der Waals surface area contributed by atoms with Gasteiger partial charge in [0.05, 0.1) is 5.56 Å². The van der Waals surface area contributed by atoms with Crippen LogP contribution in [0.4, 0.5) is 5.82 Å². The van der Waals surface area contributed by atoms with E-state index in [-0.39, 0.29) is 11.9 Å². The van der Waals surface area contributed by atoms with Gasteiger partial charge in [0.25, 0.3) is 5.91 Å². The highest BCUT2D eigenvalue weighted by molar-refractivity contribution is 5.98. The summed E-state index contributed by atoms with van der Waals surface area (Å²) in [5, 5.41) is 3.15. The average Bonchev–Trinajstić information content (AvgIpc) is 2.39. The molecule has 5 heteroatoms. The van der Waals surface area contributed by atoms with Crippen LogP contribution in [0.15, 0.2) is 18.3 Å². The lowest BCUT2D eigenvalue weighted by Gasteiger charge is -2.30. The molecular formula is C15H26N4O. The second-order valence-electron chi connectivity index (χ2n) is 5.13. The molecule has 0 saturated carbocycles. The molecule has 0 saturated heterocycles. The summed E-state index contributed by atoms with van der Waals surface area (Å²) in [6.45, 7) is 8.36. The fourth-order valence-electron chi connectivity index (χ4n) is 2.32. The van der Waals surface area contributed by atoms with Crippen LogP contribution in [0.5, 0.6) is 0 Å². The molecule has 1 amide bonds. The fraction of sp³-hybridized carbons (Fsp3) is 0.600. The average molecular weight is 278 g/mol. The molecule has 0 aliphatic carbocycles. The van der Waals surface area contributed by atoms with E-state index in [0.29, 0.717) is 17.9 Å². The van der Waals surface area contributed by atoms with Gasteiger partial charge in [-0.15, -0.1) is 0 Å². The third-order valence-electron chi connectivity index (χ3n) is 3.15. The van der Waals surface area contributed by atoms with Gasteiger partial charge in [0.15, 0.2) is 0 Å². The quantitative estimate of drug-likeness (QED) is 0.828. The zero-order valence-corrected chi connectivity index (χ0v) is 13.2. The topological polar surface area (TPSA) is 48.5 Å². The molecule has 1 aromatic heterocycles. The molecule has 0 aromatic carbocycles. The van der Waals surface area contributed by atoms with Crippen molar-refractivity contribution in [3.05, 3.63) is 23.9 Å². The van der Waals surface area contributed by atoms with Crippen LogP contribution in [0.25, 0.3) is 0 Å². The van der Waals surface area contributed by atoms with Gasteiger partial charge in [-0.05, 0) is 47.0 Å². The molecule has 1 aromatic rings. The number of nitrogens with one attached hydrogen (secondary N) is 1. The SMILES string of the molecule is CCNc1ncccc1C(=O)N(CC)C(C)CN(C)C. The number of carbonyl (C=O) groups excluding carboxylic acids is 1. The molecule has 1 rings (SSSR count). The summed E-state index contributed by atoms with van der Waals surface area (Å²) in [6, 6.07) is 3.80. The number of anilines is 1. The summed E-state index contributed by atoms with van der Waals surface area (Å²) < 4.78 is 0. The number of hydrogen-bond donors (Lipinski definition) is 1. The number of rotatable bonds is 7. The normalized spacial score (nSPS) is 12.3. The van der Waals surface area contributed by atoms with E-state index in [0.717, 1.165) is 13.1 Å². The smallest absolute Gasteiger partial charge is 0.257 e. The van der Waals surface area contributed by atoms with Gasteiger partial charge >= 0.3 is 0 Å². The van der Waals surface area contributed by atoms with Gasteiger partial charge in [-0.2, -0.15) is 0 Å². The maximum atomic E-state index is 12.7. The van der Waals surface area contributed by atoms with Crippen molar-refractivity contribution in [2.24, 2.45) is 0 Å². The van der Waals surface area contributed by atoms with Crippen LogP contribution in [0.3, 0.4) is 0 Å². The molecule has 1 unspecified atom stereocenters. The van der Waals surface area contributed by atoms with Gasteiger partial charge in [-0.25, -0.2) is 4.98 Å². The Morgan fingerprint density at radius 2 is 2.10 bits per heavy atom. The fourth-order valence-corrected chi connectivity index (χ4v) is 2.32. The Morgan fingerprint density at radius 3 is 2.65 bits per heavy atom. The summed E-state index contributed by atoms with van der Waals surface area (Å²) >= 11 is 0. The lowest BCUT2D eigenvalue weighted by Crippen LogP contribution is -2.44. The van der Waals surface area contributed by atoms with Crippen molar-refractivity contribution >= 4 is 11.7 Å². The van der Waals surface area contributed by atoms with Crippen molar-refractivity contribution in [1.82, 2.24) is 14.8 Å². The molecule has 0 spiro atoms. The first-order chi connectivity index (χ1) is 9.51. The summed E-state index contributed by atoms with van der Waals surface area (Å²) in [4.78, 5) is 21.0. The maximum absolute atomic E-state index is 12.7. The summed E-state index contributed by atoms with van der Waals surface area (Å²) in [6.07, 6.45) is 1.70. The van der Waals surface area contributed by atoms with Crippen molar-refractivity contribution in [3.63, 3.8) is 0 Å². The maximum Gasteiger partial charge on any atom is 0.257 e. The molecule has 0 aliphatic rings. The minimum Gasteiger partial charge on any atom is -0.370 e. The summed E-state index contributed by atoms with van der Waals surface area (Å²) in [5.74, 6) is 0.696. The van der Waals surface area contributed by atoms with Gasteiger partial charge < -0.3 is 15.1 Å². The first kappa shape index (κ1) is 16.4. The van der Waals surface area contributed by atoms with E-state index in [1.165, 1.54) is 0 Å². The van der Waals surface area contributed by atoms with Crippen LogP contribution in [-0.2, 0) is 0 Å². The number of nitrogens with zero attached hydrogens (tertiary/aromatic N) is 3. The lowest BCUT2D eigenvalue weighted by atomic mass is 10.1. The third-order valence-corrected chi connectivity index (χ3v) is 3.15. The summed E-state index contributed by atoms with van der Waals surface area (Å²) in [7, 11) is 4.03. The molecule has 0 radical (unpaired) electrons. The zero-order valence-electron chi connectivity index (χ0n) is 13.2. The minimum atomic E-state index is 0.0332. The number of amides is 1. The predicted molar refractivity (Wildman–Crippen MR) is 83.1 cm³/mol. The standard InChI is InChI=1S/C15H26N4O/c1-6-16-14-13(9-8-10-17-14)15(20)19(7-2)12(3)11-18(4)5/h8-10,12H,6-7,11H2,1-5H3,(H,16,17). The molecule has 0 aliphatic heterocycles. The van der Waals surface area contributed by atoms with E-state index < -0.39 is 0 Å². The van der Waals surface area contributed by atoms with Crippen molar-refractivity contribution in [1.29, 1.82) is 0 Å². The van der Waals surface area contributed by atoms with E-state index in [9.17, 15) is 4.79 Å². The number of pyridine rings is 1. The summed E-state index contributed by atoms with van der Waals surface area (Å²) in [5.41, 5.74) is 0.641. The molecule has 1 N–H and O–H groups in total. The Labute approximate surface area is 122 Å².